The van der Waals surface area contributed by atoms with Crippen LogP contribution in [0, 0.1) is 0 Å². The minimum atomic E-state index is -1.07. The van der Waals surface area contributed by atoms with Crippen LogP contribution >= 0.6 is 0 Å². The van der Waals surface area contributed by atoms with Gasteiger partial charge in [0.25, 0.3) is 5.56 Å². The standard InChI is InChI=1S/C13H19N3O4/c1-14-11(17)4-3-5-15-7-9-6-10(13(19)20)8-16(2)12(9)18/h6,8,15H,3-5,7H2,1-2H3,(H,14,17)(H,19,20). The first kappa shape index (κ1) is 15.9. The first-order valence-electron chi connectivity index (χ1n) is 6.30. The molecule has 0 aliphatic carbocycles. The summed E-state index contributed by atoms with van der Waals surface area (Å²) < 4.78 is 1.25. The van der Waals surface area contributed by atoms with Gasteiger partial charge in [-0.05, 0) is 19.0 Å². The Balaban J connectivity index is 2.57. The molecule has 0 aromatic carbocycles. The van der Waals surface area contributed by atoms with Gasteiger partial charge in [-0.15, -0.1) is 0 Å². The first-order valence-corrected chi connectivity index (χ1v) is 6.30. The molecule has 110 valence electrons. The summed E-state index contributed by atoms with van der Waals surface area (Å²) in [6.45, 7) is 0.857. The summed E-state index contributed by atoms with van der Waals surface area (Å²) in [6, 6.07) is 1.37. The third kappa shape index (κ3) is 4.51. The van der Waals surface area contributed by atoms with Gasteiger partial charge in [0.2, 0.25) is 5.91 Å². The zero-order chi connectivity index (χ0) is 15.1. The van der Waals surface area contributed by atoms with Gasteiger partial charge in [-0.3, -0.25) is 9.59 Å². The number of pyridine rings is 1. The lowest BCUT2D eigenvalue weighted by atomic mass is 10.2. The van der Waals surface area contributed by atoms with E-state index >= 15 is 0 Å². The van der Waals surface area contributed by atoms with E-state index in [9.17, 15) is 14.4 Å². The normalized spacial score (nSPS) is 10.3. The van der Waals surface area contributed by atoms with Gasteiger partial charge in [-0.2, -0.15) is 0 Å². The quantitative estimate of drug-likeness (QED) is 0.596. The van der Waals surface area contributed by atoms with E-state index in [1.165, 1.54) is 23.9 Å². The Labute approximate surface area is 116 Å². The van der Waals surface area contributed by atoms with E-state index in [4.69, 9.17) is 5.11 Å². The van der Waals surface area contributed by atoms with Crippen LogP contribution in [0.4, 0.5) is 0 Å². The van der Waals surface area contributed by atoms with E-state index in [1.807, 2.05) is 0 Å². The number of carboxylic acids is 1. The van der Waals surface area contributed by atoms with Crippen LogP contribution in [-0.2, 0) is 18.4 Å². The number of hydrogen-bond acceptors (Lipinski definition) is 4. The fraction of sp³-hybridized carbons (Fsp3) is 0.462. The van der Waals surface area contributed by atoms with Crippen LogP contribution in [0.1, 0.15) is 28.8 Å². The number of nitrogens with zero attached hydrogens (tertiary/aromatic N) is 1. The van der Waals surface area contributed by atoms with Crippen molar-refractivity contribution in [3.63, 3.8) is 0 Å². The summed E-state index contributed by atoms with van der Waals surface area (Å²) in [7, 11) is 3.10. The number of rotatable bonds is 7. The minimum Gasteiger partial charge on any atom is -0.478 e. The lowest BCUT2D eigenvalue weighted by molar-refractivity contribution is -0.120. The first-order chi connectivity index (χ1) is 9.45. The van der Waals surface area contributed by atoms with Gasteiger partial charge < -0.3 is 20.3 Å². The summed E-state index contributed by atoms with van der Waals surface area (Å²) in [5.41, 5.74) is 0.246. The van der Waals surface area contributed by atoms with Gasteiger partial charge in [0, 0.05) is 38.8 Å². The number of hydrogen-bond donors (Lipinski definition) is 3. The average molecular weight is 281 g/mol. The fourth-order valence-electron chi connectivity index (χ4n) is 1.75. The molecule has 1 aromatic heterocycles. The topological polar surface area (TPSA) is 100 Å². The lowest BCUT2D eigenvalue weighted by Crippen LogP contribution is -2.27. The van der Waals surface area contributed by atoms with Crippen molar-refractivity contribution in [2.45, 2.75) is 19.4 Å². The summed E-state index contributed by atoms with van der Waals surface area (Å²) >= 11 is 0. The van der Waals surface area contributed by atoms with Crippen molar-refractivity contribution in [3.8, 4) is 0 Å². The highest BCUT2D eigenvalue weighted by Gasteiger charge is 2.09. The number of nitrogens with one attached hydrogen (secondary N) is 2. The van der Waals surface area contributed by atoms with Crippen LogP contribution in [-0.4, -0.2) is 35.1 Å². The molecule has 20 heavy (non-hydrogen) atoms. The van der Waals surface area contributed by atoms with E-state index in [0.717, 1.165) is 0 Å². The van der Waals surface area contributed by atoms with Crippen molar-refractivity contribution in [1.29, 1.82) is 0 Å². The summed E-state index contributed by atoms with van der Waals surface area (Å²) in [5, 5.41) is 14.5. The minimum absolute atomic E-state index is 0.0319. The molecular formula is C13H19N3O4. The second-order valence-electron chi connectivity index (χ2n) is 4.43. The van der Waals surface area contributed by atoms with Gasteiger partial charge in [0.1, 0.15) is 0 Å². The highest BCUT2D eigenvalue weighted by Crippen LogP contribution is 2.00. The van der Waals surface area contributed by atoms with Crippen LogP contribution in [0.5, 0.6) is 0 Å². The van der Waals surface area contributed by atoms with Crippen LogP contribution in [0.2, 0.25) is 0 Å². The molecule has 0 atom stereocenters. The van der Waals surface area contributed by atoms with Crippen LogP contribution in [0.3, 0.4) is 0 Å². The number of aryl methyl sites for hydroxylation is 1. The molecule has 0 bridgehead atoms. The van der Waals surface area contributed by atoms with Gasteiger partial charge >= 0.3 is 5.97 Å². The monoisotopic (exact) mass is 281 g/mol. The van der Waals surface area contributed by atoms with Crippen molar-refractivity contribution < 1.29 is 14.7 Å². The number of aromatic carboxylic acids is 1. The Kier molecular flexibility index (Phi) is 5.92. The number of amides is 1. The van der Waals surface area contributed by atoms with Crippen molar-refractivity contribution >= 4 is 11.9 Å². The van der Waals surface area contributed by atoms with Crippen molar-refractivity contribution in [1.82, 2.24) is 15.2 Å². The Hall–Kier alpha value is -2.15. The SMILES string of the molecule is CNC(=O)CCCNCc1cc(C(=O)O)cn(C)c1=O. The van der Waals surface area contributed by atoms with Gasteiger partial charge in [-0.25, -0.2) is 4.79 Å². The van der Waals surface area contributed by atoms with E-state index in [-0.39, 0.29) is 23.6 Å². The Morgan fingerprint density at radius 1 is 1.40 bits per heavy atom. The summed E-state index contributed by atoms with van der Waals surface area (Å²) in [6.07, 6.45) is 2.36. The molecule has 1 amide bonds. The van der Waals surface area contributed by atoms with Crippen LogP contribution in [0.25, 0.3) is 0 Å². The number of carbonyl (C=O) groups excluding carboxylic acids is 1. The van der Waals surface area contributed by atoms with Gasteiger partial charge in [-0.1, -0.05) is 0 Å². The molecule has 3 N–H and O–H groups in total. The predicted molar refractivity (Wildman–Crippen MR) is 73.6 cm³/mol. The maximum absolute atomic E-state index is 11.8. The molecule has 0 spiro atoms. The molecule has 0 unspecified atom stereocenters. The molecule has 0 radical (unpaired) electrons. The smallest absolute Gasteiger partial charge is 0.337 e. The molecule has 0 saturated heterocycles. The highest BCUT2D eigenvalue weighted by molar-refractivity contribution is 5.87. The van der Waals surface area contributed by atoms with Crippen molar-refractivity contribution in [2.75, 3.05) is 13.6 Å². The number of carboxylic acid groups (broad SMARTS) is 1. The second kappa shape index (κ2) is 7.44. The maximum atomic E-state index is 11.8. The van der Waals surface area contributed by atoms with E-state index < -0.39 is 5.97 Å². The maximum Gasteiger partial charge on any atom is 0.337 e. The van der Waals surface area contributed by atoms with Crippen LogP contribution < -0.4 is 16.2 Å². The molecule has 0 aliphatic heterocycles. The molecule has 7 nitrogen and oxygen atoms in total. The molecule has 1 aromatic rings. The fourth-order valence-corrected chi connectivity index (χ4v) is 1.75. The Bertz CT molecular complexity index is 551. The van der Waals surface area contributed by atoms with E-state index in [0.29, 0.717) is 24.9 Å². The van der Waals surface area contributed by atoms with Crippen molar-refractivity contribution in [3.05, 3.63) is 33.7 Å². The Morgan fingerprint density at radius 2 is 2.10 bits per heavy atom. The average Bonchev–Trinajstić information content (AvgIpc) is 2.42. The molecule has 0 fully saturated rings. The van der Waals surface area contributed by atoms with Gasteiger partial charge in [0.05, 0.1) is 5.56 Å². The third-order valence-corrected chi connectivity index (χ3v) is 2.86. The zero-order valence-corrected chi connectivity index (χ0v) is 11.6. The van der Waals surface area contributed by atoms with E-state index in [2.05, 4.69) is 10.6 Å². The number of carbonyl (C=O) groups is 2. The molecule has 0 aliphatic rings. The van der Waals surface area contributed by atoms with Crippen molar-refractivity contribution in [2.24, 2.45) is 7.05 Å². The third-order valence-electron chi connectivity index (χ3n) is 2.86. The summed E-state index contributed by atoms with van der Waals surface area (Å²) in [4.78, 5) is 33.8. The molecule has 1 heterocycles. The Morgan fingerprint density at radius 3 is 2.70 bits per heavy atom. The molecule has 0 saturated carbocycles. The highest BCUT2D eigenvalue weighted by atomic mass is 16.4. The van der Waals surface area contributed by atoms with Crippen LogP contribution in [0.15, 0.2) is 17.1 Å². The van der Waals surface area contributed by atoms with Gasteiger partial charge in [0.15, 0.2) is 0 Å². The lowest BCUT2D eigenvalue weighted by Gasteiger charge is -2.07. The summed E-state index contributed by atoms with van der Waals surface area (Å²) in [5.74, 6) is -1.10. The largest absolute Gasteiger partial charge is 0.478 e. The number of aromatic nitrogens is 1. The van der Waals surface area contributed by atoms with E-state index in [1.54, 1.807) is 7.05 Å². The molecular weight excluding hydrogens is 262 g/mol. The predicted octanol–water partition coefficient (Wildman–Crippen LogP) is -0.301. The molecule has 1 rings (SSSR count). The zero-order valence-electron chi connectivity index (χ0n) is 11.6. The second-order valence-corrected chi connectivity index (χ2v) is 4.43. The molecule has 7 heteroatoms.